The van der Waals surface area contributed by atoms with Crippen LogP contribution in [0.1, 0.15) is 20.7 Å². The summed E-state index contributed by atoms with van der Waals surface area (Å²) in [5.41, 5.74) is 0.377. The molecule has 0 unspecified atom stereocenters. The Labute approximate surface area is 96.7 Å². The largest absolute Gasteiger partial charge is 0.478 e. The number of carboxylic acid groups (broad SMARTS) is 1. The summed E-state index contributed by atoms with van der Waals surface area (Å²) in [6.07, 6.45) is 2.92. The highest BCUT2D eigenvalue weighted by molar-refractivity contribution is 6.05. The van der Waals surface area contributed by atoms with Crippen molar-refractivity contribution in [3.8, 4) is 0 Å². The van der Waals surface area contributed by atoms with Gasteiger partial charge in [0.05, 0.1) is 18.2 Å². The molecule has 17 heavy (non-hydrogen) atoms. The monoisotopic (exact) mass is 231 g/mol. The van der Waals surface area contributed by atoms with Crippen molar-refractivity contribution in [3.05, 3.63) is 41.7 Å². The van der Waals surface area contributed by atoms with Gasteiger partial charge in [0.15, 0.2) is 0 Å². The molecule has 0 aliphatic carbocycles. The average molecular weight is 231 g/mol. The molecule has 0 aliphatic rings. The second-order valence-corrected chi connectivity index (χ2v) is 3.42. The van der Waals surface area contributed by atoms with Crippen LogP contribution in [0.2, 0.25) is 0 Å². The second-order valence-electron chi connectivity index (χ2n) is 3.42. The molecule has 5 nitrogen and oxygen atoms in total. The number of carboxylic acids is 1. The molecule has 1 heterocycles. The van der Waals surface area contributed by atoms with Crippen LogP contribution in [0.25, 0.3) is 10.8 Å². The number of rotatable bonds is 2. The molecule has 0 radical (unpaired) electrons. The van der Waals surface area contributed by atoms with Crippen LogP contribution in [0.5, 0.6) is 0 Å². The van der Waals surface area contributed by atoms with Crippen molar-refractivity contribution >= 4 is 22.7 Å². The summed E-state index contributed by atoms with van der Waals surface area (Å²) in [7, 11) is 1.27. The van der Waals surface area contributed by atoms with E-state index in [1.807, 2.05) is 0 Å². The van der Waals surface area contributed by atoms with Gasteiger partial charge in [0, 0.05) is 23.2 Å². The lowest BCUT2D eigenvalue weighted by molar-refractivity contribution is 0.0601. The first-order valence-electron chi connectivity index (χ1n) is 4.83. The molecule has 0 saturated heterocycles. The molecule has 1 N–H and O–H groups in total. The molecule has 0 bridgehead atoms. The standard InChI is InChI=1S/C12H9NO4/c1-17-12(16)10-6-13-5-8-3-2-7(11(14)15)4-9(8)10/h2-6H,1H3,(H,14,15). The van der Waals surface area contributed by atoms with E-state index >= 15 is 0 Å². The van der Waals surface area contributed by atoms with Crippen LogP contribution in [0.4, 0.5) is 0 Å². The SMILES string of the molecule is COC(=O)c1cncc2ccc(C(=O)O)cc12. The van der Waals surface area contributed by atoms with Crippen LogP contribution >= 0.6 is 0 Å². The normalized spacial score (nSPS) is 10.2. The van der Waals surface area contributed by atoms with Crippen LogP contribution in [-0.4, -0.2) is 29.1 Å². The van der Waals surface area contributed by atoms with Gasteiger partial charge in [0.2, 0.25) is 0 Å². The van der Waals surface area contributed by atoms with E-state index in [-0.39, 0.29) is 11.1 Å². The first kappa shape index (κ1) is 11.1. The fourth-order valence-corrected chi connectivity index (χ4v) is 1.57. The van der Waals surface area contributed by atoms with Crippen molar-refractivity contribution in [2.75, 3.05) is 7.11 Å². The average Bonchev–Trinajstić information content (AvgIpc) is 2.36. The Morgan fingerprint density at radius 2 is 2.06 bits per heavy atom. The predicted octanol–water partition coefficient (Wildman–Crippen LogP) is 1.72. The van der Waals surface area contributed by atoms with Gasteiger partial charge in [-0.1, -0.05) is 6.07 Å². The molecule has 0 fully saturated rings. The molecule has 1 aromatic heterocycles. The van der Waals surface area contributed by atoms with Crippen molar-refractivity contribution in [1.82, 2.24) is 4.98 Å². The Kier molecular flexibility index (Phi) is 2.74. The van der Waals surface area contributed by atoms with Crippen LogP contribution in [0.3, 0.4) is 0 Å². The van der Waals surface area contributed by atoms with Gasteiger partial charge < -0.3 is 9.84 Å². The van der Waals surface area contributed by atoms with E-state index in [0.717, 1.165) is 0 Å². The first-order chi connectivity index (χ1) is 8.13. The summed E-state index contributed by atoms with van der Waals surface area (Å²) in [5.74, 6) is -1.58. The summed E-state index contributed by atoms with van der Waals surface area (Å²) in [5, 5.41) is 10.1. The Morgan fingerprint density at radius 3 is 2.71 bits per heavy atom. The van der Waals surface area contributed by atoms with Crippen LogP contribution < -0.4 is 0 Å². The highest BCUT2D eigenvalue weighted by atomic mass is 16.5. The first-order valence-corrected chi connectivity index (χ1v) is 4.83. The molecule has 0 spiro atoms. The highest BCUT2D eigenvalue weighted by Crippen LogP contribution is 2.20. The van der Waals surface area contributed by atoms with Crippen molar-refractivity contribution in [2.24, 2.45) is 0 Å². The van der Waals surface area contributed by atoms with E-state index < -0.39 is 11.9 Å². The maximum atomic E-state index is 11.5. The van der Waals surface area contributed by atoms with Gasteiger partial charge in [-0.15, -0.1) is 0 Å². The topological polar surface area (TPSA) is 76.5 Å². The number of methoxy groups -OCH3 is 1. The molecule has 5 heteroatoms. The number of fused-ring (bicyclic) bond motifs is 1. The maximum absolute atomic E-state index is 11.5. The van der Waals surface area contributed by atoms with Gasteiger partial charge in [-0.05, 0) is 12.1 Å². The Hall–Kier alpha value is -2.43. The molecule has 0 saturated carbocycles. The zero-order chi connectivity index (χ0) is 12.4. The van der Waals surface area contributed by atoms with E-state index in [1.54, 1.807) is 12.3 Å². The number of pyridine rings is 1. The number of benzene rings is 1. The van der Waals surface area contributed by atoms with Gasteiger partial charge in [-0.2, -0.15) is 0 Å². The summed E-state index contributed by atoms with van der Waals surface area (Å²) in [4.78, 5) is 26.3. The molecule has 2 rings (SSSR count). The predicted molar refractivity (Wildman–Crippen MR) is 60.0 cm³/mol. The summed E-state index contributed by atoms with van der Waals surface area (Å²) >= 11 is 0. The van der Waals surface area contributed by atoms with Gasteiger partial charge in [-0.25, -0.2) is 9.59 Å². The third-order valence-electron chi connectivity index (χ3n) is 2.41. The number of carbonyl (C=O) groups excluding carboxylic acids is 1. The number of ether oxygens (including phenoxy) is 1. The quantitative estimate of drug-likeness (QED) is 0.796. The van der Waals surface area contributed by atoms with Gasteiger partial charge in [-0.3, -0.25) is 4.98 Å². The Bertz CT molecular complexity index is 606. The fourth-order valence-electron chi connectivity index (χ4n) is 1.57. The third kappa shape index (κ3) is 1.94. The summed E-state index contributed by atoms with van der Waals surface area (Å²) in [6.45, 7) is 0. The molecular formula is C12H9NO4. The van der Waals surface area contributed by atoms with Gasteiger partial charge >= 0.3 is 11.9 Å². The molecule has 0 amide bonds. The van der Waals surface area contributed by atoms with E-state index in [2.05, 4.69) is 9.72 Å². The van der Waals surface area contributed by atoms with Gasteiger partial charge in [0.25, 0.3) is 0 Å². The molecular weight excluding hydrogens is 222 g/mol. The van der Waals surface area contributed by atoms with Crippen LogP contribution in [0, 0.1) is 0 Å². The smallest absolute Gasteiger partial charge is 0.340 e. The molecule has 2 aromatic rings. The minimum atomic E-state index is -1.04. The second kappa shape index (κ2) is 4.21. The minimum absolute atomic E-state index is 0.119. The lowest BCUT2D eigenvalue weighted by Gasteiger charge is -2.04. The molecule has 86 valence electrons. The van der Waals surface area contributed by atoms with Gasteiger partial charge in [0.1, 0.15) is 0 Å². The Morgan fingerprint density at radius 1 is 1.29 bits per heavy atom. The van der Waals surface area contributed by atoms with Crippen LogP contribution in [-0.2, 0) is 4.74 Å². The number of esters is 1. The molecule has 0 atom stereocenters. The minimum Gasteiger partial charge on any atom is -0.478 e. The maximum Gasteiger partial charge on any atom is 0.340 e. The number of aromatic carboxylic acids is 1. The van der Waals surface area contributed by atoms with Crippen molar-refractivity contribution in [2.45, 2.75) is 0 Å². The lowest BCUT2D eigenvalue weighted by atomic mass is 10.0. The van der Waals surface area contributed by atoms with Crippen LogP contribution in [0.15, 0.2) is 30.6 Å². The number of nitrogens with zero attached hydrogens (tertiary/aromatic N) is 1. The van der Waals surface area contributed by atoms with Crippen molar-refractivity contribution in [3.63, 3.8) is 0 Å². The van der Waals surface area contributed by atoms with E-state index in [1.165, 1.54) is 25.4 Å². The number of carbonyl (C=O) groups is 2. The fraction of sp³-hybridized carbons (Fsp3) is 0.0833. The third-order valence-corrected chi connectivity index (χ3v) is 2.41. The Balaban J connectivity index is 2.72. The molecule has 0 aliphatic heterocycles. The summed E-state index contributed by atoms with van der Waals surface area (Å²) in [6, 6.07) is 4.51. The van der Waals surface area contributed by atoms with E-state index in [0.29, 0.717) is 10.8 Å². The number of hydrogen-bond donors (Lipinski definition) is 1. The lowest BCUT2D eigenvalue weighted by Crippen LogP contribution is -2.04. The zero-order valence-corrected chi connectivity index (χ0v) is 9.01. The summed E-state index contributed by atoms with van der Waals surface area (Å²) < 4.78 is 4.62. The molecule has 1 aromatic carbocycles. The van der Waals surface area contributed by atoms with E-state index in [4.69, 9.17) is 5.11 Å². The number of hydrogen-bond acceptors (Lipinski definition) is 4. The zero-order valence-electron chi connectivity index (χ0n) is 9.01. The number of aromatic nitrogens is 1. The highest BCUT2D eigenvalue weighted by Gasteiger charge is 2.12. The van der Waals surface area contributed by atoms with E-state index in [9.17, 15) is 9.59 Å². The van der Waals surface area contributed by atoms with Crippen molar-refractivity contribution < 1.29 is 19.4 Å². The van der Waals surface area contributed by atoms with Crippen molar-refractivity contribution in [1.29, 1.82) is 0 Å².